The molecule has 6 heteroatoms. The summed E-state index contributed by atoms with van der Waals surface area (Å²) >= 11 is 0. The maximum absolute atomic E-state index is 11.9. The van der Waals surface area contributed by atoms with Crippen LogP contribution in [0, 0.1) is 6.92 Å². The zero-order valence-corrected chi connectivity index (χ0v) is 10.7. The number of aryl methyl sites for hydroxylation is 1. The van der Waals surface area contributed by atoms with Gasteiger partial charge in [0.15, 0.2) is 0 Å². The molecule has 0 radical (unpaired) electrons. The second-order valence-electron chi connectivity index (χ2n) is 4.09. The van der Waals surface area contributed by atoms with Gasteiger partial charge in [0.1, 0.15) is 0 Å². The largest absolute Gasteiger partial charge is 0.478 e. The summed E-state index contributed by atoms with van der Waals surface area (Å²) < 4.78 is 4.85. The molecule has 1 amide bonds. The molecule has 0 fully saturated rings. The summed E-state index contributed by atoms with van der Waals surface area (Å²) in [6.07, 6.45) is 3.98. The number of aromatic nitrogens is 1. The van der Waals surface area contributed by atoms with Crippen LogP contribution in [0.4, 0.5) is 5.69 Å². The second kappa shape index (κ2) is 5.83. The van der Waals surface area contributed by atoms with Crippen LogP contribution in [0.5, 0.6) is 0 Å². The summed E-state index contributed by atoms with van der Waals surface area (Å²) in [5.41, 5.74) is 1.96. The van der Waals surface area contributed by atoms with Gasteiger partial charge in [-0.25, -0.2) is 4.79 Å². The highest BCUT2D eigenvalue weighted by atomic mass is 16.5. The van der Waals surface area contributed by atoms with Crippen molar-refractivity contribution in [3.8, 4) is 0 Å². The van der Waals surface area contributed by atoms with E-state index in [9.17, 15) is 9.59 Å². The number of nitrogens with one attached hydrogen (secondary N) is 1. The molecule has 2 rings (SSSR count). The highest BCUT2D eigenvalue weighted by Crippen LogP contribution is 2.13. The summed E-state index contributed by atoms with van der Waals surface area (Å²) in [5.74, 6) is -1.23. The lowest BCUT2D eigenvalue weighted by atomic mass is 10.2. The van der Waals surface area contributed by atoms with Crippen molar-refractivity contribution in [2.24, 2.45) is 0 Å². The van der Waals surface area contributed by atoms with Crippen molar-refractivity contribution >= 4 is 23.6 Å². The van der Waals surface area contributed by atoms with Crippen molar-refractivity contribution in [3.05, 3.63) is 53.4 Å². The molecule has 0 aliphatic carbocycles. The molecular formula is C14H12N2O4. The Morgan fingerprint density at radius 2 is 2.00 bits per heavy atom. The number of carboxylic acids is 1. The van der Waals surface area contributed by atoms with Gasteiger partial charge in [0.05, 0.1) is 6.20 Å². The van der Waals surface area contributed by atoms with Crippen molar-refractivity contribution < 1.29 is 19.2 Å². The minimum absolute atomic E-state index is 0.167. The van der Waals surface area contributed by atoms with E-state index in [1.165, 1.54) is 12.3 Å². The number of carbonyl (C=O) groups is 2. The molecule has 20 heavy (non-hydrogen) atoms. The third kappa shape index (κ3) is 3.32. The monoisotopic (exact) mass is 272 g/mol. The van der Waals surface area contributed by atoms with Gasteiger partial charge in [-0.15, -0.1) is 0 Å². The van der Waals surface area contributed by atoms with E-state index in [1.54, 1.807) is 31.2 Å². The summed E-state index contributed by atoms with van der Waals surface area (Å²) in [4.78, 5) is 22.2. The highest BCUT2D eigenvalue weighted by molar-refractivity contribution is 6.03. The quantitative estimate of drug-likeness (QED) is 0.833. The van der Waals surface area contributed by atoms with Crippen LogP contribution in [-0.2, 0) is 4.79 Å². The van der Waals surface area contributed by atoms with E-state index >= 15 is 0 Å². The Hall–Kier alpha value is -2.89. The van der Waals surface area contributed by atoms with Crippen LogP contribution < -0.4 is 5.32 Å². The smallest absolute Gasteiger partial charge is 0.328 e. The molecule has 0 saturated carbocycles. The van der Waals surface area contributed by atoms with E-state index < -0.39 is 5.97 Å². The predicted molar refractivity (Wildman–Crippen MR) is 72.3 cm³/mol. The molecule has 102 valence electrons. The van der Waals surface area contributed by atoms with E-state index in [0.717, 1.165) is 11.6 Å². The van der Waals surface area contributed by atoms with Gasteiger partial charge in [-0.2, -0.15) is 0 Å². The van der Waals surface area contributed by atoms with Crippen molar-refractivity contribution in [1.82, 2.24) is 5.16 Å². The van der Waals surface area contributed by atoms with Crippen LogP contribution in [0.25, 0.3) is 6.08 Å². The molecule has 0 atom stereocenters. The minimum Gasteiger partial charge on any atom is -0.478 e. The Kier molecular flexibility index (Phi) is 3.95. The number of carboxylic acid groups (broad SMARTS) is 1. The van der Waals surface area contributed by atoms with Crippen LogP contribution in [0.15, 0.2) is 41.1 Å². The fourth-order valence-corrected chi connectivity index (χ4v) is 1.54. The molecule has 1 aromatic heterocycles. The molecule has 6 nitrogen and oxygen atoms in total. The third-order valence-electron chi connectivity index (χ3n) is 2.54. The van der Waals surface area contributed by atoms with Crippen molar-refractivity contribution in [2.75, 3.05) is 5.32 Å². The van der Waals surface area contributed by atoms with Crippen LogP contribution in [0.2, 0.25) is 0 Å². The maximum atomic E-state index is 11.9. The van der Waals surface area contributed by atoms with Gasteiger partial charge in [-0.1, -0.05) is 17.3 Å². The number of hydrogen-bond acceptors (Lipinski definition) is 4. The van der Waals surface area contributed by atoms with Crippen molar-refractivity contribution in [2.45, 2.75) is 6.92 Å². The zero-order chi connectivity index (χ0) is 14.5. The summed E-state index contributed by atoms with van der Waals surface area (Å²) in [6.45, 7) is 1.73. The van der Waals surface area contributed by atoms with Gasteiger partial charge in [0.25, 0.3) is 5.91 Å². The predicted octanol–water partition coefficient (Wildman–Crippen LogP) is 2.33. The van der Waals surface area contributed by atoms with E-state index in [4.69, 9.17) is 9.63 Å². The Balaban J connectivity index is 2.06. The van der Waals surface area contributed by atoms with E-state index in [-0.39, 0.29) is 11.7 Å². The Bertz CT molecular complexity index is 656. The third-order valence-corrected chi connectivity index (χ3v) is 2.54. The van der Waals surface area contributed by atoms with Crippen molar-refractivity contribution in [3.63, 3.8) is 0 Å². The first kappa shape index (κ1) is 13.5. The lowest BCUT2D eigenvalue weighted by Crippen LogP contribution is -2.11. The molecule has 0 saturated heterocycles. The van der Waals surface area contributed by atoms with Crippen LogP contribution >= 0.6 is 0 Å². The van der Waals surface area contributed by atoms with Gasteiger partial charge in [-0.3, -0.25) is 4.79 Å². The summed E-state index contributed by atoms with van der Waals surface area (Å²) in [5, 5.41) is 14.7. The molecule has 1 heterocycles. The first-order valence-electron chi connectivity index (χ1n) is 5.80. The molecule has 0 unspecified atom stereocenters. The number of hydrogen-bond donors (Lipinski definition) is 2. The van der Waals surface area contributed by atoms with Gasteiger partial charge >= 0.3 is 5.97 Å². The molecule has 0 aliphatic rings. The molecule has 2 N–H and O–H groups in total. The van der Waals surface area contributed by atoms with Crippen LogP contribution in [0.1, 0.15) is 21.7 Å². The topological polar surface area (TPSA) is 92.4 Å². The molecule has 0 spiro atoms. The Labute approximate surface area is 114 Å². The maximum Gasteiger partial charge on any atom is 0.328 e. The number of rotatable bonds is 4. The van der Waals surface area contributed by atoms with Gasteiger partial charge in [-0.05, 0) is 30.7 Å². The van der Waals surface area contributed by atoms with E-state index in [1.807, 2.05) is 0 Å². The van der Waals surface area contributed by atoms with Crippen molar-refractivity contribution in [1.29, 1.82) is 0 Å². The lowest BCUT2D eigenvalue weighted by molar-refractivity contribution is -0.131. The first-order valence-corrected chi connectivity index (χ1v) is 5.80. The van der Waals surface area contributed by atoms with E-state index in [2.05, 4.69) is 10.5 Å². The average Bonchev–Trinajstić information content (AvgIpc) is 2.84. The van der Waals surface area contributed by atoms with E-state index in [0.29, 0.717) is 11.3 Å². The number of benzene rings is 1. The number of nitrogens with zero attached hydrogens (tertiary/aromatic N) is 1. The second-order valence-corrected chi connectivity index (χ2v) is 4.09. The molecular weight excluding hydrogens is 260 g/mol. The van der Waals surface area contributed by atoms with Gasteiger partial charge in [0.2, 0.25) is 5.76 Å². The normalized spacial score (nSPS) is 10.7. The zero-order valence-electron chi connectivity index (χ0n) is 10.7. The number of anilines is 1. The fraction of sp³-hybridized carbons (Fsp3) is 0.0714. The van der Waals surface area contributed by atoms with Gasteiger partial charge in [0, 0.05) is 17.3 Å². The fourth-order valence-electron chi connectivity index (χ4n) is 1.54. The Morgan fingerprint density at radius 3 is 2.55 bits per heavy atom. The minimum atomic E-state index is -1.01. The number of carbonyl (C=O) groups excluding carboxylic acids is 1. The highest BCUT2D eigenvalue weighted by Gasteiger charge is 2.13. The number of aliphatic carboxylic acids is 1. The molecule has 1 aromatic carbocycles. The summed E-state index contributed by atoms with van der Waals surface area (Å²) in [6, 6.07) is 6.74. The molecule has 0 bridgehead atoms. The van der Waals surface area contributed by atoms with Crippen LogP contribution in [0.3, 0.4) is 0 Å². The number of amides is 1. The summed E-state index contributed by atoms with van der Waals surface area (Å²) in [7, 11) is 0. The van der Waals surface area contributed by atoms with Gasteiger partial charge < -0.3 is 14.9 Å². The Morgan fingerprint density at radius 1 is 1.30 bits per heavy atom. The van der Waals surface area contributed by atoms with Crippen LogP contribution in [-0.4, -0.2) is 22.1 Å². The SMILES string of the molecule is Cc1cnoc1C(=O)Nc1ccc(C=CC(=O)O)cc1. The first-order chi connectivity index (χ1) is 9.56. The average molecular weight is 272 g/mol. The molecule has 2 aromatic rings. The standard InChI is InChI=1S/C14H12N2O4/c1-9-8-15-20-13(9)14(19)16-11-5-2-10(3-6-11)4-7-12(17)18/h2-8H,1H3,(H,16,19)(H,17,18). The lowest BCUT2D eigenvalue weighted by Gasteiger charge is -2.03. The molecule has 0 aliphatic heterocycles.